The molecule has 7 heteroatoms. The van der Waals surface area contributed by atoms with E-state index in [1.807, 2.05) is 0 Å². The van der Waals surface area contributed by atoms with E-state index in [0.717, 1.165) is 64.8 Å². The van der Waals surface area contributed by atoms with Crippen LogP contribution in [0.4, 0.5) is 5.69 Å². The lowest BCUT2D eigenvalue weighted by atomic mass is 9.96. The summed E-state index contributed by atoms with van der Waals surface area (Å²) in [6, 6.07) is 8.84. The maximum absolute atomic E-state index is 12.5. The number of benzene rings is 1. The second-order valence-electron chi connectivity index (χ2n) is 8.23. The molecule has 2 aliphatic rings. The van der Waals surface area contributed by atoms with E-state index >= 15 is 0 Å². The van der Waals surface area contributed by atoms with Gasteiger partial charge in [-0.3, -0.25) is 4.90 Å². The van der Waals surface area contributed by atoms with Crippen molar-refractivity contribution in [3.63, 3.8) is 0 Å². The molecule has 1 aliphatic heterocycles. The van der Waals surface area contributed by atoms with Crippen molar-refractivity contribution in [2.45, 2.75) is 51.5 Å². The second-order valence-corrected chi connectivity index (χ2v) is 10.0. The highest BCUT2D eigenvalue weighted by atomic mass is 32.2. The van der Waals surface area contributed by atoms with Gasteiger partial charge in [0.2, 0.25) is 0 Å². The topological polar surface area (TPSA) is 55.9 Å². The molecule has 1 heterocycles. The first-order valence-electron chi connectivity index (χ1n) is 10.7. The van der Waals surface area contributed by atoms with E-state index in [1.165, 1.54) is 17.7 Å². The SMILES string of the molecule is Cc1cccc(N2CCN(CCCNS(=O)(=O)N(C)C3CCCCC3)CC2)c1. The Morgan fingerprint density at radius 1 is 1.11 bits per heavy atom. The number of aryl methyl sites for hydroxylation is 1. The highest BCUT2D eigenvalue weighted by Gasteiger charge is 2.27. The highest BCUT2D eigenvalue weighted by molar-refractivity contribution is 7.87. The Balaban J connectivity index is 1.35. The van der Waals surface area contributed by atoms with Crippen LogP contribution in [0.2, 0.25) is 0 Å². The molecule has 0 aromatic heterocycles. The van der Waals surface area contributed by atoms with Gasteiger partial charge < -0.3 is 4.90 Å². The Labute approximate surface area is 171 Å². The summed E-state index contributed by atoms with van der Waals surface area (Å²) < 4.78 is 29.4. The number of hydrogen-bond donors (Lipinski definition) is 1. The summed E-state index contributed by atoms with van der Waals surface area (Å²) in [6.45, 7) is 7.70. The largest absolute Gasteiger partial charge is 0.369 e. The van der Waals surface area contributed by atoms with E-state index in [4.69, 9.17) is 0 Å². The molecule has 2 fully saturated rings. The van der Waals surface area contributed by atoms with Gasteiger partial charge in [-0.25, -0.2) is 4.72 Å². The molecule has 0 radical (unpaired) electrons. The van der Waals surface area contributed by atoms with Gasteiger partial charge in [0.25, 0.3) is 10.2 Å². The Bertz CT molecular complexity index is 711. The first-order chi connectivity index (χ1) is 13.5. The molecule has 0 spiro atoms. The van der Waals surface area contributed by atoms with Gasteiger partial charge in [-0.1, -0.05) is 31.4 Å². The molecule has 158 valence electrons. The van der Waals surface area contributed by atoms with Gasteiger partial charge in [-0.2, -0.15) is 12.7 Å². The quantitative estimate of drug-likeness (QED) is 0.672. The zero-order valence-electron chi connectivity index (χ0n) is 17.4. The number of nitrogens with zero attached hydrogens (tertiary/aromatic N) is 3. The first-order valence-corrected chi connectivity index (χ1v) is 12.2. The minimum atomic E-state index is -3.36. The zero-order valence-corrected chi connectivity index (χ0v) is 18.3. The van der Waals surface area contributed by atoms with E-state index < -0.39 is 10.2 Å². The van der Waals surface area contributed by atoms with E-state index in [0.29, 0.717) is 6.54 Å². The van der Waals surface area contributed by atoms with E-state index in [9.17, 15) is 8.42 Å². The van der Waals surface area contributed by atoms with Gasteiger partial charge in [0.15, 0.2) is 0 Å². The van der Waals surface area contributed by atoms with Crippen molar-refractivity contribution in [2.75, 3.05) is 51.2 Å². The number of nitrogens with one attached hydrogen (secondary N) is 1. The molecule has 1 saturated heterocycles. The van der Waals surface area contributed by atoms with Gasteiger partial charge in [0.05, 0.1) is 0 Å². The van der Waals surface area contributed by atoms with Gasteiger partial charge >= 0.3 is 0 Å². The Morgan fingerprint density at radius 2 is 1.82 bits per heavy atom. The maximum Gasteiger partial charge on any atom is 0.279 e. The molecule has 0 amide bonds. The molecule has 1 aliphatic carbocycles. The molecule has 1 N–H and O–H groups in total. The average molecular weight is 409 g/mol. The Hall–Kier alpha value is -1.15. The summed E-state index contributed by atoms with van der Waals surface area (Å²) in [5.74, 6) is 0. The number of anilines is 1. The van der Waals surface area contributed by atoms with E-state index in [-0.39, 0.29) is 6.04 Å². The van der Waals surface area contributed by atoms with Crippen LogP contribution >= 0.6 is 0 Å². The van der Waals surface area contributed by atoms with Crippen LogP contribution in [-0.2, 0) is 10.2 Å². The van der Waals surface area contributed by atoms with Crippen LogP contribution in [0.5, 0.6) is 0 Å². The average Bonchev–Trinajstić information content (AvgIpc) is 2.72. The fourth-order valence-corrected chi connectivity index (χ4v) is 5.51. The fourth-order valence-electron chi connectivity index (χ4n) is 4.30. The molecular formula is C21H36N4O2S. The lowest BCUT2D eigenvalue weighted by Gasteiger charge is -2.36. The number of hydrogen-bond acceptors (Lipinski definition) is 4. The third-order valence-electron chi connectivity index (χ3n) is 6.14. The normalized spacial score (nSPS) is 20.0. The summed E-state index contributed by atoms with van der Waals surface area (Å²) in [5, 5.41) is 0. The third kappa shape index (κ3) is 5.92. The summed E-state index contributed by atoms with van der Waals surface area (Å²) in [5.41, 5.74) is 2.60. The summed E-state index contributed by atoms with van der Waals surface area (Å²) in [6.07, 6.45) is 6.33. The molecule has 28 heavy (non-hydrogen) atoms. The van der Waals surface area contributed by atoms with Crippen molar-refractivity contribution in [2.24, 2.45) is 0 Å². The number of piperazine rings is 1. The van der Waals surface area contributed by atoms with Crippen molar-refractivity contribution in [3.8, 4) is 0 Å². The van der Waals surface area contributed by atoms with Crippen molar-refractivity contribution in [1.29, 1.82) is 0 Å². The van der Waals surface area contributed by atoms with Crippen LogP contribution in [0.15, 0.2) is 24.3 Å². The summed E-state index contributed by atoms with van der Waals surface area (Å²) >= 11 is 0. The Morgan fingerprint density at radius 3 is 2.50 bits per heavy atom. The second kappa shape index (κ2) is 10.1. The zero-order chi connectivity index (χ0) is 20.0. The van der Waals surface area contributed by atoms with Gasteiger partial charge in [-0.05, 0) is 50.4 Å². The molecule has 1 saturated carbocycles. The van der Waals surface area contributed by atoms with Crippen LogP contribution in [0.3, 0.4) is 0 Å². The van der Waals surface area contributed by atoms with Crippen LogP contribution in [-0.4, -0.2) is 70.0 Å². The van der Waals surface area contributed by atoms with Gasteiger partial charge in [0, 0.05) is 51.5 Å². The molecule has 3 rings (SSSR count). The molecule has 0 atom stereocenters. The summed E-state index contributed by atoms with van der Waals surface area (Å²) in [4.78, 5) is 4.87. The highest BCUT2D eigenvalue weighted by Crippen LogP contribution is 2.23. The monoisotopic (exact) mass is 408 g/mol. The maximum atomic E-state index is 12.5. The van der Waals surface area contributed by atoms with Gasteiger partial charge in [0.1, 0.15) is 0 Å². The molecule has 0 bridgehead atoms. The summed E-state index contributed by atoms with van der Waals surface area (Å²) in [7, 11) is -1.63. The lowest BCUT2D eigenvalue weighted by Crippen LogP contribution is -2.48. The standard InChI is InChI=1S/C21H36N4O2S/c1-19-8-6-11-21(18-19)25-16-14-24(15-17-25)13-7-12-22-28(26,27)23(2)20-9-4-3-5-10-20/h6,8,11,18,20,22H,3-5,7,9-10,12-17H2,1-2H3. The molecule has 1 aromatic carbocycles. The smallest absolute Gasteiger partial charge is 0.279 e. The molecule has 1 aromatic rings. The first kappa shape index (κ1) is 21.6. The van der Waals surface area contributed by atoms with Crippen molar-refractivity contribution >= 4 is 15.9 Å². The van der Waals surface area contributed by atoms with Gasteiger partial charge in [-0.15, -0.1) is 0 Å². The van der Waals surface area contributed by atoms with Crippen molar-refractivity contribution in [1.82, 2.24) is 13.9 Å². The third-order valence-corrected chi connectivity index (χ3v) is 7.77. The number of rotatable bonds is 8. The Kier molecular flexibility index (Phi) is 7.74. The van der Waals surface area contributed by atoms with Crippen LogP contribution in [0, 0.1) is 6.92 Å². The van der Waals surface area contributed by atoms with Crippen molar-refractivity contribution in [3.05, 3.63) is 29.8 Å². The minimum absolute atomic E-state index is 0.168. The predicted molar refractivity (Wildman–Crippen MR) is 116 cm³/mol. The van der Waals surface area contributed by atoms with Crippen LogP contribution in [0.1, 0.15) is 44.1 Å². The molecule has 0 unspecified atom stereocenters. The van der Waals surface area contributed by atoms with E-state index in [1.54, 1.807) is 11.4 Å². The lowest BCUT2D eigenvalue weighted by molar-refractivity contribution is 0.254. The van der Waals surface area contributed by atoms with Crippen molar-refractivity contribution < 1.29 is 8.42 Å². The minimum Gasteiger partial charge on any atom is -0.369 e. The van der Waals surface area contributed by atoms with Crippen LogP contribution in [0.25, 0.3) is 0 Å². The predicted octanol–water partition coefficient (Wildman–Crippen LogP) is 2.61. The van der Waals surface area contributed by atoms with E-state index in [2.05, 4.69) is 45.7 Å². The molecule has 6 nitrogen and oxygen atoms in total. The van der Waals surface area contributed by atoms with Crippen LogP contribution < -0.4 is 9.62 Å². The fraction of sp³-hybridized carbons (Fsp3) is 0.714. The molecular weight excluding hydrogens is 372 g/mol.